The predicted molar refractivity (Wildman–Crippen MR) is 144 cm³/mol. The number of hydrogen-bond acceptors (Lipinski definition) is 7. The molecule has 7 rings (SSSR count). The molecule has 0 N–H and O–H groups in total. The lowest BCUT2D eigenvalue weighted by Crippen LogP contribution is -2.00. The highest BCUT2D eigenvalue weighted by atomic mass is 16.5. The summed E-state index contributed by atoms with van der Waals surface area (Å²) in [6, 6.07) is 26.3. The lowest BCUT2D eigenvalue weighted by Gasteiger charge is -2.06. The summed E-state index contributed by atoms with van der Waals surface area (Å²) in [5.41, 5.74) is 5.94. The Balaban J connectivity index is 1.14. The maximum atomic E-state index is 5.46. The van der Waals surface area contributed by atoms with E-state index < -0.39 is 0 Å². The van der Waals surface area contributed by atoms with Crippen LogP contribution in [0.1, 0.15) is 17.0 Å². The Morgan fingerprint density at radius 3 is 2.45 bits per heavy atom. The second-order valence-corrected chi connectivity index (χ2v) is 9.08. The summed E-state index contributed by atoms with van der Waals surface area (Å²) in [6.45, 7) is 0.726. The molecular weight excluding hydrogens is 474 g/mol. The van der Waals surface area contributed by atoms with Crippen LogP contribution in [0.2, 0.25) is 0 Å². The van der Waals surface area contributed by atoms with Crippen LogP contribution in [0, 0.1) is 0 Å². The third-order valence-corrected chi connectivity index (χ3v) is 6.46. The molecule has 8 heteroatoms. The van der Waals surface area contributed by atoms with Crippen molar-refractivity contribution in [3.8, 4) is 22.8 Å². The molecule has 0 aliphatic carbocycles. The van der Waals surface area contributed by atoms with E-state index in [0.717, 1.165) is 45.0 Å². The van der Waals surface area contributed by atoms with E-state index >= 15 is 0 Å². The third-order valence-electron chi connectivity index (χ3n) is 6.46. The van der Waals surface area contributed by atoms with Crippen molar-refractivity contribution in [1.82, 2.24) is 34.9 Å². The molecule has 8 nitrogen and oxygen atoms in total. The minimum atomic E-state index is 0.535. The lowest BCUT2D eigenvalue weighted by atomic mass is 10.1. The van der Waals surface area contributed by atoms with Crippen LogP contribution < -0.4 is 0 Å². The normalized spacial score (nSPS) is 11.4. The fourth-order valence-corrected chi connectivity index (χ4v) is 4.54. The van der Waals surface area contributed by atoms with Crippen molar-refractivity contribution in [2.24, 2.45) is 0 Å². The number of nitrogens with zero attached hydrogens (tertiary/aromatic N) is 7. The van der Waals surface area contributed by atoms with Gasteiger partial charge in [-0.1, -0.05) is 41.6 Å². The van der Waals surface area contributed by atoms with Gasteiger partial charge in [-0.15, -0.1) is 0 Å². The number of rotatable bonds is 6. The number of aromatic nitrogens is 7. The SMILES string of the molecule is c1ccc(Cn2ncc3cc(-c4ncc5cc(-c6noc(Cc7cccnc7)n6)ccc5n4)ccc32)cc1. The lowest BCUT2D eigenvalue weighted by molar-refractivity contribution is 0.385. The Labute approximate surface area is 217 Å². The highest BCUT2D eigenvalue weighted by molar-refractivity contribution is 5.86. The van der Waals surface area contributed by atoms with Crippen LogP contribution in [-0.2, 0) is 13.0 Å². The molecule has 0 radical (unpaired) electrons. The van der Waals surface area contributed by atoms with Crippen molar-refractivity contribution in [2.45, 2.75) is 13.0 Å². The molecule has 0 aliphatic rings. The van der Waals surface area contributed by atoms with E-state index in [1.54, 1.807) is 12.4 Å². The quantitative estimate of drug-likeness (QED) is 0.291. The molecule has 3 aromatic carbocycles. The summed E-state index contributed by atoms with van der Waals surface area (Å²) in [7, 11) is 0. The van der Waals surface area contributed by atoms with Gasteiger partial charge in [0.25, 0.3) is 0 Å². The molecule has 0 fully saturated rings. The van der Waals surface area contributed by atoms with E-state index in [4.69, 9.17) is 9.51 Å². The molecule has 38 heavy (non-hydrogen) atoms. The molecule has 0 amide bonds. The zero-order valence-corrected chi connectivity index (χ0v) is 20.3. The van der Waals surface area contributed by atoms with Crippen molar-refractivity contribution in [1.29, 1.82) is 0 Å². The van der Waals surface area contributed by atoms with Crippen LogP contribution >= 0.6 is 0 Å². The minimum Gasteiger partial charge on any atom is -0.339 e. The molecule has 0 unspecified atom stereocenters. The van der Waals surface area contributed by atoms with Crippen LogP contribution in [0.5, 0.6) is 0 Å². The van der Waals surface area contributed by atoms with Crippen LogP contribution in [0.4, 0.5) is 0 Å². The highest BCUT2D eigenvalue weighted by Gasteiger charge is 2.12. The topological polar surface area (TPSA) is 95.4 Å². The van der Waals surface area contributed by atoms with Crippen molar-refractivity contribution < 1.29 is 4.52 Å². The van der Waals surface area contributed by atoms with Gasteiger partial charge in [0.1, 0.15) is 0 Å². The van der Waals surface area contributed by atoms with E-state index in [1.807, 2.05) is 71.7 Å². The molecular formula is C30H21N7O. The summed E-state index contributed by atoms with van der Waals surface area (Å²) >= 11 is 0. The minimum absolute atomic E-state index is 0.535. The highest BCUT2D eigenvalue weighted by Crippen LogP contribution is 2.26. The Kier molecular flexibility index (Phi) is 5.40. The molecule has 0 saturated carbocycles. The van der Waals surface area contributed by atoms with Crippen molar-refractivity contribution in [3.63, 3.8) is 0 Å². The molecule has 4 aromatic heterocycles. The third kappa shape index (κ3) is 4.28. The number of benzene rings is 3. The first kappa shape index (κ1) is 22.0. The standard InChI is InChI=1S/C30H21N7O/c1-2-5-20(6-3-1)19-37-27-11-9-22(15-25(27)18-33-37)29-32-17-24-14-23(8-10-26(24)34-29)30-35-28(38-36-30)13-21-7-4-12-31-16-21/h1-12,14-18H,13,19H2. The zero-order chi connectivity index (χ0) is 25.3. The van der Waals surface area contributed by atoms with Crippen LogP contribution in [-0.4, -0.2) is 34.9 Å². The van der Waals surface area contributed by atoms with E-state index in [-0.39, 0.29) is 0 Å². The van der Waals surface area contributed by atoms with Gasteiger partial charge in [0.05, 0.1) is 30.2 Å². The molecule has 0 atom stereocenters. The molecule has 4 heterocycles. The van der Waals surface area contributed by atoms with Gasteiger partial charge in [-0.3, -0.25) is 9.67 Å². The molecule has 0 bridgehead atoms. The smallest absolute Gasteiger partial charge is 0.231 e. The van der Waals surface area contributed by atoms with Gasteiger partial charge in [0.15, 0.2) is 5.82 Å². The monoisotopic (exact) mass is 495 g/mol. The summed E-state index contributed by atoms with van der Waals surface area (Å²) in [5.74, 6) is 1.75. The van der Waals surface area contributed by atoms with E-state index in [9.17, 15) is 0 Å². The summed E-state index contributed by atoms with van der Waals surface area (Å²) in [5, 5.41) is 10.7. The van der Waals surface area contributed by atoms with Gasteiger partial charge < -0.3 is 4.52 Å². The Bertz CT molecular complexity index is 1880. The Morgan fingerprint density at radius 2 is 1.55 bits per heavy atom. The van der Waals surface area contributed by atoms with Gasteiger partial charge in [-0.05, 0) is 53.6 Å². The van der Waals surface area contributed by atoms with Gasteiger partial charge in [0, 0.05) is 40.5 Å². The van der Waals surface area contributed by atoms with Crippen LogP contribution in [0.25, 0.3) is 44.6 Å². The van der Waals surface area contributed by atoms with E-state index in [2.05, 4.69) is 49.5 Å². The first-order chi connectivity index (χ1) is 18.8. The van der Waals surface area contributed by atoms with Gasteiger partial charge in [-0.25, -0.2) is 9.97 Å². The Hall–Kier alpha value is -5.24. The van der Waals surface area contributed by atoms with E-state index in [1.165, 1.54) is 5.56 Å². The molecule has 0 spiro atoms. The average Bonchev–Trinajstić information content (AvgIpc) is 3.60. The summed E-state index contributed by atoms with van der Waals surface area (Å²) < 4.78 is 7.47. The van der Waals surface area contributed by atoms with Gasteiger partial charge in [0.2, 0.25) is 11.7 Å². The summed E-state index contributed by atoms with van der Waals surface area (Å²) in [6.07, 6.45) is 7.80. The van der Waals surface area contributed by atoms with Crippen molar-refractivity contribution in [3.05, 3.63) is 121 Å². The number of pyridine rings is 1. The first-order valence-corrected chi connectivity index (χ1v) is 12.3. The Morgan fingerprint density at radius 1 is 0.711 bits per heavy atom. The maximum Gasteiger partial charge on any atom is 0.231 e. The van der Waals surface area contributed by atoms with Crippen LogP contribution in [0.3, 0.4) is 0 Å². The second kappa shape index (κ2) is 9.33. The fourth-order valence-electron chi connectivity index (χ4n) is 4.54. The molecule has 0 aliphatic heterocycles. The fraction of sp³-hybridized carbons (Fsp3) is 0.0667. The first-order valence-electron chi connectivity index (χ1n) is 12.3. The van der Waals surface area contributed by atoms with E-state index in [0.29, 0.717) is 24.0 Å². The number of fused-ring (bicyclic) bond motifs is 2. The van der Waals surface area contributed by atoms with Crippen molar-refractivity contribution in [2.75, 3.05) is 0 Å². The molecule has 182 valence electrons. The summed E-state index contributed by atoms with van der Waals surface area (Å²) in [4.78, 5) is 18.1. The zero-order valence-electron chi connectivity index (χ0n) is 20.3. The van der Waals surface area contributed by atoms with Gasteiger partial charge in [-0.2, -0.15) is 10.1 Å². The van der Waals surface area contributed by atoms with Crippen LogP contribution in [0.15, 0.2) is 108 Å². The molecule has 7 aromatic rings. The van der Waals surface area contributed by atoms with Gasteiger partial charge >= 0.3 is 0 Å². The predicted octanol–water partition coefficient (Wildman–Crippen LogP) is 5.73. The average molecular weight is 496 g/mol. The number of hydrogen-bond donors (Lipinski definition) is 0. The largest absolute Gasteiger partial charge is 0.339 e. The molecule has 0 saturated heterocycles. The van der Waals surface area contributed by atoms with Crippen molar-refractivity contribution >= 4 is 21.8 Å². The second-order valence-electron chi connectivity index (χ2n) is 9.08. The maximum absolute atomic E-state index is 5.46.